The lowest BCUT2D eigenvalue weighted by Crippen LogP contribution is -2.49. The standard InChI is InChI=1S/C21H34N4O2.HI/c1-18(17-24-12-14-26-15-13-24)16-23-21(22-2)25-10-8-20(9-11-25)27-19-6-4-3-5-7-19;/h3-7,18,20H,8-17H2,1-2H3,(H,22,23);1H. The zero-order chi connectivity index (χ0) is 18.9. The first-order chi connectivity index (χ1) is 13.2. The molecule has 6 nitrogen and oxygen atoms in total. The number of ether oxygens (including phenoxy) is 2. The molecular weight excluding hydrogens is 467 g/mol. The predicted molar refractivity (Wildman–Crippen MR) is 125 cm³/mol. The molecule has 158 valence electrons. The molecule has 0 aromatic heterocycles. The lowest BCUT2D eigenvalue weighted by Gasteiger charge is -2.35. The minimum absolute atomic E-state index is 0. The van der Waals surface area contributed by atoms with Gasteiger partial charge >= 0.3 is 0 Å². The maximum atomic E-state index is 6.10. The summed E-state index contributed by atoms with van der Waals surface area (Å²) in [6.07, 6.45) is 2.35. The molecule has 2 aliphatic rings. The minimum atomic E-state index is 0. The largest absolute Gasteiger partial charge is 0.490 e. The van der Waals surface area contributed by atoms with Crippen LogP contribution in [0, 0.1) is 5.92 Å². The van der Waals surface area contributed by atoms with Gasteiger partial charge in [-0.2, -0.15) is 0 Å². The summed E-state index contributed by atoms with van der Waals surface area (Å²) in [4.78, 5) is 9.34. The Hall–Kier alpha value is -1.06. The molecule has 2 heterocycles. The van der Waals surface area contributed by atoms with Crippen molar-refractivity contribution in [2.24, 2.45) is 10.9 Å². The van der Waals surface area contributed by atoms with E-state index in [0.717, 1.165) is 77.0 Å². The normalized spacial score (nSPS) is 20.4. The van der Waals surface area contributed by atoms with Crippen LogP contribution >= 0.6 is 24.0 Å². The fourth-order valence-corrected chi connectivity index (χ4v) is 3.76. The first-order valence-corrected chi connectivity index (χ1v) is 10.2. The summed E-state index contributed by atoms with van der Waals surface area (Å²) in [5.74, 6) is 2.57. The topological polar surface area (TPSA) is 49.3 Å². The van der Waals surface area contributed by atoms with E-state index < -0.39 is 0 Å². The number of nitrogens with zero attached hydrogens (tertiary/aromatic N) is 3. The van der Waals surface area contributed by atoms with Gasteiger partial charge in [-0.25, -0.2) is 0 Å². The lowest BCUT2D eigenvalue weighted by atomic mass is 10.1. The number of nitrogens with one attached hydrogen (secondary N) is 1. The predicted octanol–water partition coefficient (Wildman–Crippen LogP) is 2.69. The number of hydrogen-bond acceptors (Lipinski definition) is 4. The SMILES string of the molecule is CN=C(NCC(C)CN1CCOCC1)N1CCC(Oc2ccccc2)CC1.I. The van der Waals surface area contributed by atoms with Gasteiger partial charge in [-0.1, -0.05) is 25.1 Å². The summed E-state index contributed by atoms with van der Waals surface area (Å²) in [5, 5.41) is 3.57. The number of guanidine groups is 1. The molecule has 1 N–H and O–H groups in total. The summed E-state index contributed by atoms with van der Waals surface area (Å²) in [6, 6.07) is 10.1. The van der Waals surface area contributed by atoms with Gasteiger partial charge in [0.2, 0.25) is 0 Å². The summed E-state index contributed by atoms with van der Waals surface area (Å²) >= 11 is 0. The zero-order valence-electron chi connectivity index (χ0n) is 17.2. The number of halogens is 1. The Morgan fingerprint density at radius 1 is 1.18 bits per heavy atom. The smallest absolute Gasteiger partial charge is 0.193 e. The molecule has 0 amide bonds. The molecule has 0 radical (unpaired) electrons. The van der Waals surface area contributed by atoms with Crippen molar-refractivity contribution < 1.29 is 9.47 Å². The molecule has 0 saturated carbocycles. The summed E-state index contributed by atoms with van der Waals surface area (Å²) in [7, 11) is 1.88. The summed E-state index contributed by atoms with van der Waals surface area (Å²) in [5.41, 5.74) is 0. The molecule has 0 spiro atoms. The van der Waals surface area contributed by atoms with E-state index in [1.54, 1.807) is 0 Å². The summed E-state index contributed by atoms with van der Waals surface area (Å²) in [6.45, 7) is 10.1. The second-order valence-electron chi connectivity index (χ2n) is 7.56. The first kappa shape index (κ1) is 23.2. The third-order valence-electron chi connectivity index (χ3n) is 5.28. The Bertz CT molecular complexity index is 573. The Morgan fingerprint density at radius 2 is 1.86 bits per heavy atom. The third-order valence-corrected chi connectivity index (χ3v) is 5.28. The number of rotatable bonds is 6. The highest BCUT2D eigenvalue weighted by molar-refractivity contribution is 14.0. The highest BCUT2D eigenvalue weighted by Gasteiger charge is 2.23. The molecule has 1 aromatic rings. The molecule has 2 aliphatic heterocycles. The number of piperidine rings is 1. The van der Waals surface area contributed by atoms with Gasteiger partial charge in [0.15, 0.2) is 5.96 Å². The first-order valence-electron chi connectivity index (χ1n) is 10.2. The quantitative estimate of drug-likeness (QED) is 0.369. The molecule has 0 bridgehead atoms. The molecule has 1 atom stereocenters. The van der Waals surface area contributed by atoms with E-state index in [1.165, 1.54) is 0 Å². The molecule has 2 saturated heterocycles. The molecule has 3 rings (SSSR count). The average molecular weight is 502 g/mol. The van der Waals surface area contributed by atoms with Crippen molar-refractivity contribution in [3.8, 4) is 5.75 Å². The van der Waals surface area contributed by atoms with Gasteiger partial charge in [-0.15, -0.1) is 24.0 Å². The molecule has 2 fully saturated rings. The van der Waals surface area contributed by atoms with Gasteiger partial charge in [0.05, 0.1) is 13.2 Å². The Balaban J connectivity index is 0.00000280. The van der Waals surface area contributed by atoms with Crippen LogP contribution in [0.4, 0.5) is 0 Å². The molecule has 7 heteroatoms. The van der Waals surface area contributed by atoms with Crippen LogP contribution in [0.5, 0.6) is 5.75 Å². The maximum Gasteiger partial charge on any atom is 0.193 e. The highest BCUT2D eigenvalue weighted by Crippen LogP contribution is 2.18. The maximum absolute atomic E-state index is 6.10. The fourth-order valence-electron chi connectivity index (χ4n) is 3.76. The number of likely N-dealkylation sites (tertiary alicyclic amines) is 1. The van der Waals surface area contributed by atoms with Crippen LogP contribution in [0.2, 0.25) is 0 Å². The van der Waals surface area contributed by atoms with Crippen molar-refractivity contribution in [2.75, 3.05) is 59.5 Å². The van der Waals surface area contributed by atoms with Crippen LogP contribution in [0.25, 0.3) is 0 Å². The van der Waals surface area contributed by atoms with Gasteiger partial charge in [0, 0.05) is 59.2 Å². The van der Waals surface area contributed by atoms with Crippen LogP contribution < -0.4 is 10.1 Å². The molecule has 1 unspecified atom stereocenters. The van der Waals surface area contributed by atoms with Crippen LogP contribution in [0.15, 0.2) is 35.3 Å². The van der Waals surface area contributed by atoms with E-state index >= 15 is 0 Å². The van der Waals surface area contributed by atoms with Crippen LogP contribution in [0.1, 0.15) is 19.8 Å². The molecule has 1 aromatic carbocycles. The van der Waals surface area contributed by atoms with E-state index in [0.29, 0.717) is 12.0 Å². The van der Waals surface area contributed by atoms with Gasteiger partial charge < -0.3 is 19.7 Å². The van der Waals surface area contributed by atoms with Gasteiger partial charge in [0.1, 0.15) is 11.9 Å². The van der Waals surface area contributed by atoms with Gasteiger partial charge in [-0.05, 0) is 18.1 Å². The lowest BCUT2D eigenvalue weighted by molar-refractivity contribution is 0.0320. The third kappa shape index (κ3) is 7.40. The molecule has 0 aliphatic carbocycles. The fraction of sp³-hybridized carbons (Fsp3) is 0.667. The Morgan fingerprint density at radius 3 is 2.50 bits per heavy atom. The van der Waals surface area contributed by atoms with Crippen molar-refractivity contribution in [2.45, 2.75) is 25.9 Å². The number of para-hydroxylation sites is 1. The Kier molecular flexibility index (Phi) is 10.4. The van der Waals surface area contributed by atoms with Gasteiger partial charge in [0.25, 0.3) is 0 Å². The van der Waals surface area contributed by atoms with E-state index in [2.05, 4.69) is 27.0 Å². The van der Waals surface area contributed by atoms with Crippen molar-refractivity contribution in [1.82, 2.24) is 15.1 Å². The van der Waals surface area contributed by atoms with Crippen molar-refractivity contribution in [3.63, 3.8) is 0 Å². The van der Waals surface area contributed by atoms with Crippen molar-refractivity contribution in [1.29, 1.82) is 0 Å². The molecular formula is C21H35IN4O2. The second-order valence-corrected chi connectivity index (χ2v) is 7.56. The second kappa shape index (κ2) is 12.5. The number of benzene rings is 1. The molecule has 28 heavy (non-hydrogen) atoms. The average Bonchev–Trinajstić information content (AvgIpc) is 2.71. The van der Waals surface area contributed by atoms with Crippen molar-refractivity contribution >= 4 is 29.9 Å². The van der Waals surface area contributed by atoms with Crippen LogP contribution in [0.3, 0.4) is 0 Å². The van der Waals surface area contributed by atoms with Gasteiger partial charge in [-0.3, -0.25) is 9.89 Å². The van der Waals surface area contributed by atoms with Crippen LogP contribution in [-0.4, -0.2) is 81.4 Å². The monoisotopic (exact) mass is 502 g/mol. The number of hydrogen-bond donors (Lipinski definition) is 1. The van der Waals surface area contributed by atoms with E-state index in [-0.39, 0.29) is 24.0 Å². The highest BCUT2D eigenvalue weighted by atomic mass is 127. The van der Waals surface area contributed by atoms with Crippen molar-refractivity contribution in [3.05, 3.63) is 30.3 Å². The summed E-state index contributed by atoms with van der Waals surface area (Å²) < 4.78 is 11.5. The van der Waals surface area contributed by atoms with E-state index in [9.17, 15) is 0 Å². The number of morpholine rings is 1. The Labute approximate surface area is 186 Å². The minimum Gasteiger partial charge on any atom is -0.490 e. The zero-order valence-corrected chi connectivity index (χ0v) is 19.5. The number of aliphatic imine (C=N–C) groups is 1. The van der Waals surface area contributed by atoms with E-state index in [1.807, 2.05) is 37.4 Å². The van der Waals surface area contributed by atoms with Crippen LogP contribution in [-0.2, 0) is 4.74 Å². The van der Waals surface area contributed by atoms with E-state index in [4.69, 9.17) is 9.47 Å².